The van der Waals surface area contributed by atoms with Crippen LogP contribution in [0.15, 0.2) is 47.8 Å². The standard InChI is InChI=1S/C13H11FN4S/c14-10-5-4-9(11(15)7-10)8-19-13-17-16-12-3-1-2-6-18(12)13/h1-7H,8,15H2. The van der Waals surface area contributed by atoms with E-state index in [0.717, 1.165) is 16.4 Å². The molecule has 2 heterocycles. The molecular weight excluding hydrogens is 263 g/mol. The summed E-state index contributed by atoms with van der Waals surface area (Å²) in [6.07, 6.45) is 1.91. The molecule has 0 unspecified atom stereocenters. The number of anilines is 1. The number of aromatic nitrogens is 3. The van der Waals surface area contributed by atoms with E-state index in [9.17, 15) is 4.39 Å². The lowest BCUT2D eigenvalue weighted by atomic mass is 10.2. The Balaban J connectivity index is 1.82. The molecule has 0 aliphatic carbocycles. The van der Waals surface area contributed by atoms with Crippen LogP contribution in [0.3, 0.4) is 0 Å². The first-order valence-electron chi connectivity index (χ1n) is 5.70. The third kappa shape index (κ3) is 2.39. The fourth-order valence-electron chi connectivity index (χ4n) is 1.76. The van der Waals surface area contributed by atoms with Gasteiger partial charge >= 0.3 is 0 Å². The summed E-state index contributed by atoms with van der Waals surface area (Å²) in [7, 11) is 0. The summed E-state index contributed by atoms with van der Waals surface area (Å²) in [6, 6.07) is 10.2. The number of hydrogen-bond acceptors (Lipinski definition) is 4. The van der Waals surface area contributed by atoms with Crippen LogP contribution < -0.4 is 5.73 Å². The zero-order valence-electron chi connectivity index (χ0n) is 9.95. The van der Waals surface area contributed by atoms with Gasteiger partial charge in [-0.3, -0.25) is 4.40 Å². The molecule has 2 N–H and O–H groups in total. The molecule has 1 aromatic carbocycles. The number of rotatable bonds is 3. The van der Waals surface area contributed by atoms with Gasteiger partial charge in [-0.05, 0) is 29.8 Å². The number of pyridine rings is 1. The Hall–Kier alpha value is -2.08. The van der Waals surface area contributed by atoms with Gasteiger partial charge in [0, 0.05) is 17.6 Å². The molecule has 0 saturated carbocycles. The van der Waals surface area contributed by atoms with E-state index in [4.69, 9.17) is 5.73 Å². The summed E-state index contributed by atoms with van der Waals surface area (Å²) in [5, 5.41) is 8.98. The fourth-order valence-corrected chi connectivity index (χ4v) is 2.70. The number of nitrogens with zero attached hydrogens (tertiary/aromatic N) is 3. The van der Waals surface area contributed by atoms with Gasteiger partial charge in [0.1, 0.15) is 5.82 Å². The average Bonchev–Trinajstić information content (AvgIpc) is 2.81. The lowest BCUT2D eigenvalue weighted by Gasteiger charge is -2.04. The van der Waals surface area contributed by atoms with Crippen LogP contribution in [0.25, 0.3) is 5.65 Å². The van der Waals surface area contributed by atoms with E-state index in [1.807, 2.05) is 28.8 Å². The first-order valence-corrected chi connectivity index (χ1v) is 6.69. The molecule has 0 fully saturated rings. The molecule has 0 spiro atoms. The molecule has 0 aliphatic heterocycles. The van der Waals surface area contributed by atoms with E-state index < -0.39 is 0 Å². The van der Waals surface area contributed by atoms with E-state index in [2.05, 4.69) is 10.2 Å². The second kappa shape index (κ2) is 4.89. The van der Waals surface area contributed by atoms with Crippen LogP contribution in [0, 0.1) is 5.82 Å². The van der Waals surface area contributed by atoms with Gasteiger partial charge in [0.25, 0.3) is 0 Å². The summed E-state index contributed by atoms with van der Waals surface area (Å²) < 4.78 is 14.9. The molecule has 0 atom stereocenters. The number of halogens is 1. The number of hydrogen-bond donors (Lipinski definition) is 1. The van der Waals surface area contributed by atoms with E-state index in [1.54, 1.807) is 6.07 Å². The molecule has 4 nitrogen and oxygen atoms in total. The fraction of sp³-hybridized carbons (Fsp3) is 0.0769. The molecule has 6 heteroatoms. The Kier molecular flexibility index (Phi) is 3.08. The first-order chi connectivity index (χ1) is 9.24. The molecule has 3 aromatic rings. The van der Waals surface area contributed by atoms with Gasteiger partial charge in [-0.1, -0.05) is 23.9 Å². The number of fused-ring (bicyclic) bond motifs is 1. The van der Waals surface area contributed by atoms with Gasteiger partial charge in [-0.2, -0.15) is 0 Å². The molecular formula is C13H11FN4S. The maximum Gasteiger partial charge on any atom is 0.195 e. The number of nitrogen functional groups attached to an aromatic ring is 1. The van der Waals surface area contributed by atoms with Crippen molar-refractivity contribution in [2.45, 2.75) is 10.9 Å². The Morgan fingerprint density at radius 2 is 2.11 bits per heavy atom. The molecule has 0 radical (unpaired) electrons. The Bertz CT molecular complexity index is 725. The van der Waals surface area contributed by atoms with Crippen LogP contribution in [0.4, 0.5) is 10.1 Å². The number of nitrogens with two attached hydrogens (primary N) is 1. The predicted octanol–water partition coefficient (Wildman–Crippen LogP) is 2.74. The summed E-state index contributed by atoms with van der Waals surface area (Å²) in [5.74, 6) is 0.307. The average molecular weight is 274 g/mol. The van der Waals surface area contributed by atoms with Crippen molar-refractivity contribution in [3.63, 3.8) is 0 Å². The maximum absolute atomic E-state index is 13.0. The van der Waals surface area contributed by atoms with Gasteiger partial charge in [-0.25, -0.2) is 4.39 Å². The largest absolute Gasteiger partial charge is 0.398 e. The van der Waals surface area contributed by atoms with E-state index in [-0.39, 0.29) is 5.82 Å². The van der Waals surface area contributed by atoms with Crippen molar-refractivity contribution < 1.29 is 4.39 Å². The zero-order valence-corrected chi connectivity index (χ0v) is 10.8. The van der Waals surface area contributed by atoms with Crippen molar-refractivity contribution in [3.8, 4) is 0 Å². The number of benzene rings is 1. The van der Waals surface area contributed by atoms with Crippen LogP contribution in [0.1, 0.15) is 5.56 Å². The molecule has 2 aromatic heterocycles. The highest BCUT2D eigenvalue weighted by molar-refractivity contribution is 7.98. The topological polar surface area (TPSA) is 56.2 Å². The second-order valence-electron chi connectivity index (χ2n) is 4.04. The van der Waals surface area contributed by atoms with Crippen molar-refractivity contribution in [2.24, 2.45) is 0 Å². The van der Waals surface area contributed by atoms with E-state index in [1.165, 1.54) is 23.9 Å². The highest BCUT2D eigenvalue weighted by atomic mass is 32.2. The Labute approximate surface area is 113 Å². The molecule has 0 amide bonds. The summed E-state index contributed by atoms with van der Waals surface area (Å²) in [4.78, 5) is 0. The lowest BCUT2D eigenvalue weighted by Crippen LogP contribution is -1.94. The monoisotopic (exact) mass is 274 g/mol. The molecule has 3 rings (SSSR count). The Morgan fingerprint density at radius 1 is 1.21 bits per heavy atom. The van der Waals surface area contributed by atoms with Gasteiger partial charge in [0.05, 0.1) is 0 Å². The second-order valence-corrected chi connectivity index (χ2v) is 4.99. The third-order valence-corrected chi connectivity index (χ3v) is 3.74. The highest BCUT2D eigenvalue weighted by Crippen LogP contribution is 2.25. The molecule has 19 heavy (non-hydrogen) atoms. The van der Waals surface area contributed by atoms with E-state index in [0.29, 0.717) is 11.4 Å². The van der Waals surface area contributed by atoms with Crippen LogP contribution in [0.2, 0.25) is 0 Å². The minimum absolute atomic E-state index is 0.320. The van der Waals surface area contributed by atoms with Crippen molar-refractivity contribution in [1.29, 1.82) is 0 Å². The number of thioether (sulfide) groups is 1. The smallest absolute Gasteiger partial charge is 0.195 e. The molecule has 96 valence electrons. The normalized spacial score (nSPS) is 11.0. The lowest BCUT2D eigenvalue weighted by molar-refractivity contribution is 0.628. The van der Waals surface area contributed by atoms with E-state index >= 15 is 0 Å². The molecule has 0 bridgehead atoms. The maximum atomic E-state index is 13.0. The third-order valence-electron chi connectivity index (χ3n) is 2.75. The van der Waals surface area contributed by atoms with Gasteiger partial charge in [-0.15, -0.1) is 10.2 Å². The van der Waals surface area contributed by atoms with Crippen molar-refractivity contribution in [1.82, 2.24) is 14.6 Å². The van der Waals surface area contributed by atoms with Gasteiger partial charge in [0.15, 0.2) is 10.8 Å². The van der Waals surface area contributed by atoms with Crippen molar-refractivity contribution >= 4 is 23.1 Å². The minimum Gasteiger partial charge on any atom is -0.398 e. The van der Waals surface area contributed by atoms with Crippen LogP contribution >= 0.6 is 11.8 Å². The molecule has 0 aliphatic rings. The molecule has 0 saturated heterocycles. The summed E-state index contributed by atoms with van der Waals surface area (Å²) in [6.45, 7) is 0. The quantitative estimate of drug-likeness (QED) is 0.589. The SMILES string of the molecule is Nc1cc(F)ccc1CSc1nnc2ccccn12. The minimum atomic E-state index is -0.320. The van der Waals surface area contributed by atoms with Gasteiger partial charge in [0.2, 0.25) is 0 Å². The van der Waals surface area contributed by atoms with Crippen molar-refractivity contribution in [2.75, 3.05) is 5.73 Å². The van der Waals surface area contributed by atoms with Crippen LogP contribution in [-0.4, -0.2) is 14.6 Å². The predicted molar refractivity (Wildman–Crippen MR) is 73.4 cm³/mol. The highest BCUT2D eigenvalue weighted by Gasteiger charge is 2.07. The van der Waals surface area contributed by atoms with Crippen molar-refractivity contribution in [3.05, 3.63) is 54.0 Å². The summed E-state index contributed by atoms with van der Waals surface area (Å²) in [5.41, 5.74) is 7.93. The van der Waals surface area contributed by atoms with Crippen LogP contribution in [0.5, 0.6) is 0 Å². The summed E-state index contributed by atoms with van der Waals surface area (Å²) >= 11 is 1.52. The Morgan fingerprint density at radius 3 is 2.95 bits per heavy atom. The van der Waals surface area contributed by atoms with Crippen LogP contribution in [-0.2, 0) is 5.75 Å². The zero-order chi connectivity index (χ0) is 13.2. The first kappa shape index (κ1) is 12.0. The van der Waals surface area contributed by atoms with Gasteiger partial charge < -0.3 is 5.73 Å².